The molecule has 0 bridgehead atoms. The van der Waals surface area contributed by atoms with Crippen molar-refractivity contribution in [2.45, 2.75) is 46.2 Å². The van der Waals surface area contributed by atoms with Crippen LogP contribution in [-0.4, -0.2) is 43.6 Å². The number of hydrogen-bond acceptors (Lipinski definition) is 6. The van der Waals surface area contributed by atoms with Crippen molar-refractivity contribution in [3.8, 4) is 0 Å². The fourth-order valence-electron chi connectivity index (χ4n) is 4.47. The van der Waals surface area contributed by atoms with Gasteiger partial charge in [-0.05, 0) is 61.2 Å². The van der Waals surface area contributed by atoms with Gasteiger partial charge in [-0.15, -0.1) is 0 Å². The van der Waals surface area contributed by atoms with E-state index in [2.05, 4.69) is 89.6 Å². The average molecular weight is 433 g/mol. The molecule has 1 atom stereocenters. The zero-order valence-corrected chi connectivity index (χ0v) is 19.7. The highest BCUT2D eigenvalue weighted by Crippen LogP contribution is 2.29. The first-order chi connectivity index (χ1) is 15.5. The van der Waals surface area contributed by atoms with Crippen LogP contribution in [0.15, 0.2) is 60.0 Å². The average Bonchev–Trinajstić information content (AvgIpc) is 3.24. The van der Waals surface area contributed by atoms with E-state index < -0.39 is 0 Å². The van der Waals surface area contributed by atoms with Gasteiger partial charge in [0.25, 0.3) is 0 Å². The standard InChI is InChI=1S/C26H36N6/c1-5-20(3)32-21(4)31(19-28-32)25-10-8-24(9-11-25)29-13-15-30(16-14-29)26-12-7-22(6-2)17-23(26)18-27/h7-12,17,19-20H,4-6,13-16,18,27H2,1-3H3. The number of benzene rings is 2. The van der Waals surface area contributed by atoms with Gasteiger partial charge in [-0.1, -0.05) is 32.6 Å². The summed E-state index contributed by atoms with van der Waals surface area (Å²) in [5.41, 5.74) is 12.3. The van der Waals surface area contributed by atoms with Gasteiger partial charge in [0.1, 0.15) is 12.2 Å². The van der Waals surface area contributed by atoms with Crippen LogP contribution >= 0.6 is 0 Å². The van der Waals surface area contributed by atoms with Gasteiger partial charge in [-0.25, -0.2) is 5.01 Å². The highest BCUT2D eigenvalue weighted by Gasteiger charge is 2.25. The summed E-state index contributed by atoms with van der Waals surface area (Å²) >= 11 is 0. The summed E-state index contributed by atoms with van der Waals surface area (Å²) in [5.74, 6) is 0.908. The molecule has 0 saturated carbocycles. The fourth-order valence-corrected chi connectivity index (χ4v) is 4.47. The molecule has 0 aliphatic carbocycles. The minimum Gasteiger partial charge on any atom is -0.368 e. The van der Waals surface area contributed by atoms with E-state index in [0.29, 0.717) is 12.6 Å². The number of piperazine rings is 1. The summed E-state index contributed by atoms with van der Waals surface area (Å²) in [6.45, 7) is 15.3. The maximum absolute atomic E-state index is 6.05. The number of aryl methyl sites for hydroxylation is 1. The summed E-state index contributed by atoms with van der Waals surface area (Å²) < 4.78 is 0. The minimum atomic E-state index is 0.345. The van der Waals surface area contributed by atoms with E-state index in [1.165, 1.54) is 22.5 Å². The lowest BCUT2D eigenvalue weighted by Gasteiger charge is -2.38. The molecule has 6 nitrogen and oxygen atoms in total. The lowest BCUT2D eigenvalue weighted by Crippen LogP contribution is -2.46. The van der Waals surface area contributed by atoms with Gasteiger partial charge >= 0.3 is 0 Å². The van der Waals surface area contributed by atoms with Gasteiger partial charge in [0, 0.05) is 49.8 Å². The quantitative estimate of drug-likeness (QED) is 0.704. The van der Waals surface area contributed by atoms with Crippen LogP contribution in [0.1, 0.15) is 38.3 Å². The molecule has 1 saturated heterocycles. The summed E-state index contributed by atoms with van der Waals surface area (Å²) in [6.07, 6.45) is 3.94. The Morgan fingerprint density at radius 2 is 1.62 bits per heavy atom. The summed E-state index contributed by atoms with van der Waals surface area (Å²) in [4.78, 5) is 6.99. The third-order valence-corrected chi connectivity index (χ3v) is 6.73. The fraction of sp³-hybridized carbons (Fsp3) is 0.423. The van der Waals surface area contributed by atoms with Crippen LogP contribution in [0.5, 0.6) is 0 Å². The van der Waals surface area contributed by atoms with Crippen molar-refractivity contribution in [3.63, 3.8) is 0 Å². The molecule has 2 N–H and O–H groups in total. The van der Waals surface area contributed by atoms with Crippen molar-refractivity contribution < 1.29 is 0 Å². The lowest BCUT2D eigenvalue weighted by molar-refractivity contribution is 0.286. The molecule has 6 heteroatoms. The Balaban J connectivity index is 1.39. The smallest absolute Gasteiger partial charge is 0.128 e. The number of nitrogens with two attached hydrogens (primary N) is 1. The molecule has 2 heterocycles. The summed E-state index contributed by atoms with van der Waals surface area (Å²) in [5, 5.41) is 6.53. The second kappa shape index (κ2) is 9.65. The first-order valence-electron chi connectivity index (χ1n) is 11.8. The van der Waals surface area contributed by atoms with E-state index in [1.54, 1.807) is 0 Å². The monoisotopic (exact) mass is 432 g/mol. The predicted octanol–water partition coefficient (Wildman–Crippen LogP) is 4.37. The third-order valence-electron chi connectivity index (χ3n) is 6.73. The van der Waals surface area contributed by atoms with E-state index in [4.69, 9.17) is 5.73 Å². The molecule has 4 rings (SSSR count). The first kappa shape index (κ1) is 22.2. The van der Waals surface area contributed by atoms with Crippen molar-refractivity contribution in [2.24, 2.45) is 10.8 Å². The zero-order valence-electron chi connectivity index (χ0n) is 19.7. The lowest BCUT2D eigenvalue weighted by atomic mass is 10.1. The van der Waals surface area contributed by atoms with Crippen LogP contribution in [0.25, 0.3) is 0 Å². The van der Waals surface area contributed by atoms with E-state index in [0.717, 1.165) is 50.5 Å². The Bertz CT molecular complexity index is 959. The van der Waals surface area contributed by atoms with Gasteiger partial charge in [-0.2, -0.15) is 5.10 Å². The third kappa shape index (κ3) is 4.32. The van der Waals surface area contributed by atoms with Crippen LogP contribution < -0.4 is 20.4 Å². The van der Waals surface area contributed by atoms with E-state index in [1.807, 2.05) is 11.3 Å². The molecule has 2 aliphatic rings. The van der Waals surface area contributed by atoms with Crippen LogP contribution in [-0.2, 0) is 13.0 Å². The maximum atomic E-state index is 6.05. The molecule has 1 unspecified atom stereocenters. The van der Waals surface area contributed by atoms with Crippen LogP contribution in [0, 0.1) is 0 Å². The topological polar surface area (TPSA) is 51.3 Å². The molecule has 0 spiro atoms. The first-order valence-corrected chi connectivity index (χ1v) is 11.8. The highest BCUT2D eigenvalue weighted by molar-refractivity contribution is 5.85. The van der Waals surface area contributed by atoms with Crippen LogP contribution in [0.2, 0.25) is 0 Å². The van der Waals surface area contributed by atoms with Crippen molar-refractivity contribution >= 4 is 23.4 Å². The molecular formula is C26H36N6. The van der Waals surface area contributed by atoms with Crippen LogP contribution in [0.3, 0.4) is 0 Å². The Labute approximate surface area is 192 Å². The molecule has 2 aromatic carbocycles. The van der Waals surface area contributed by atoms with Crippen molar-refractivity contribution in [1.82, 2.24) is 5.01 Å². The Morgan fingerprint density at radius 1 is 0.969 bits per heavy atom. The van der Waals surface area contributed by atoms with E-state index in [-0.39, 0.29) is 0 Å². The van der Waals surface area contributed by atoms with Gasteiger partial charge in [0.15, 0.2) is 0 Å². The summed E-state index contributed by atoms with van der Waals surface area (Å²) in [6, 6.07) is 15.8. The summed E-state index contributed by atoms with van der Waals surface area (Å²) in [7, 11) is 0. The predicted molar refractivity (Wildman–Crippen MR) is 136 cm³/mol. The van der Waals surface area contributed by atoms with Crippen molar-refractivity contribution in [1.29, 1.82) is 0 Å². The van der Waals surface area contributed by atoms with E-state index >= 15 is 0 Å². The highest BCUT2D eigenvalue weighted by atomic mass is 15.6. The number of nitrogens with zero attached hydrogens (tertiary/aromatic N) is 5. The van der Waals surface area contributed by atoms with Crippen LogP contribution in [0.4, 0.5) is 17.1 Å². The SMILES string of the molecule is C=C1N(c2ccc(N3CCN(c4ccc(CC)cc4CN)CC3)cc2)C=NN1C(C)CC. The van der Waals surface area contributed by atoms with Crippen molar-refractivity contribution in [2.75, 3.05) is 40.9 Å². The second-order valence-electron chi connectivity index (χ2n) is 8.63. The molecule has 32 heavy (non-hydrogen) atoms. The molecule has 0 radical (unpaired) electrons. The number of anilines is 3. The number of rotatable bonds is 7. The normalized spacial score (nSPS) is 17.4. The van der Waals surface area contributed by atoms with Gasteiger partial charge in [0.05, 0.1) is 6.04 Å². The number of hydrazone groups is 1. The molecular weight excluding hydrogens is 396 g/mol. The van der Waals surface area contributed by atoms with Gasteiger partial charge in [-0.3, -0.25) is 4.90 Å². The second-order valence-corrected chi connectivity index (χ2v) is 8.63. The molecule has 1 fully saturated rings. The molecule has 2 aliphatic heterocycles. The molecule has 0 aromatic heterocycles. The van der Waals surface area contributed by atoms with Crippen molar-refractivity contribution in [3.05, 3.63) is 66.0 Å². The molecule has 170 valence electrons. The Kier molecular flexibility index (Phi) is 6.70. The van der Waals surface area contributed by atoms with E-state index in [9.17, 15) is 0 Å². The van der Waals surface area contributed by atoms with Gasteiger partial charge in [0.2, 0.25) is 0 Å². The maximum Gasteiger partial charge on any atom is 0.128 e. The minimum absolute atomic E-state index is 0.345. The number of hydrogen-bond donors (Lipinski definition) is 1. The largest absolute Gasteiger partial charge is 0.368 e. The van der Waals surface area contributed by atoms with Gasteiger partial charge < -0.3 is 15.5 Å². The molecule has 2 aromatic rings. The Hall–Kier alpha value is -2.99. The zero-order chi connectivity index (χ0) is 22.7. The Morgan fingerprint density at radius 3 is 2.25 bits per heavy atom. The molecule has 0 amide bonds.